The SMILES string of the molecule is Nc1nc2ccccc2cc1COCc1cccc(Cl)c1. The Kier molecular flexibility index (Phi) is 4.04. The molecular weight excluding hydrogens is 284 g/mol. The fraction of sp³-hybridized carbons (Fsp3) is 0.118. The van der Waals surface area contributed by atoms with E-state index in [0.29, 0.717) is 24.1 Å². The van der Waals surface area contributed by atoms with Gasteiger partial charge in [0.1, 0.15) is 5.82 Å². The lowest BCUT2D eigenvalue weighted by molar-refractivity contribution is 0.107. The first-order valence-corrected chi connectivity index (χ1v) is 7.06. The van der Waals surface area contributed by atoms with E-state index in [1.807, 2.05) is 54.6 Å². The minimum Gasteiger partial charge on any atom is -0.383 e. The number of pyridine rings is 1. The van der Waals surface area contributed by atoms with Crippen LogP contribution in [-0.4, -0.2) is 4.98 Å². The topological polar surface area (TPSA) is 48.1 Å². The van der Waals surface area contributed by atoms with Crippen LogP contribution in [0.5, 0.6) is 0 Å². The molecule has 0 unspecified atom stereocenters. The molecule has 21 heavy (non-hydrogen) atoms. The fourth-order valence-electron chi connectivity index (χ4n) is 2.20. The van der Waals surface area contributed by atoms with Crippen LogP contribution in [0.15, 0.2) is 54.6 Å². The summed E-state index contributed by atoms with van der Waals surface area (Å²) in [6.45, 7) is 0.920. The normalized spacial score (nSPS) is 10.9. The number of nitrogen functional groups attached to an aromatic ring is 1. The zero-order valence-electron chi connectivity index (χ0n) is 11.4. The van der Waals surface area contributed by atoms with E-state index in [1.54, 1.807) is 0 Å². The Balaban J connectivity index is 1.71. The van der Waals surface area contributed by atoms with Crippen molar-refractivity contribution in [1.82, 2.24) is 4.98 Å². The van der Waals surface area contributed by atoms with E-state index in [2.05, 4.69) is 4.98 Å². The molecule has 3 nitrogen and oxygen atoms in total. The number of halogens is 1. The zero-order chi connectivity index (χ0) is 14.7. The summed E-state index contributed by atoms with van der Waals surface area (Å²) in [6.07, 6.45) is 0. The van der Waals surface area contributed by atoms with Gasteiger partial charge in [-0.2, -0.15) is 0 Å². The van der Waals surface area contributed by atoms with E-state index < -0.39 is 0 Å². The number of rotatable bonds is 4. The molecule has 0 aliphatic heterocycles. The second-order valence-corrected chi connectivity index (χ2v) is 5.28. The van der Waals surface area contributed by atoms with Crippen LogP contribution in [-0.2, 0) is 18.0 Å². The molecule has 0 saturated carbocycles. The zero-order valence-corrected chi connectivity index (χ0v) is 12.2. The van der Waals surface area contributed by atoms with E-state index in [9.17, 15) is 0 Å². The van der Waals surface area contributed by atoms with E-state index in [1.165, 1.54) is 0 Å². The number of fused-ring (bicyclic) bond motifs is 1. The van der Waals surface area contributed by atoms with Gasteiger partial charge in [0.2, 0.25) is 0 Å². The standard InChI is InChI=1S/C17H15ClN2O/c18-15-6-3-4-12(8-15)10-21-11-14-9-13-5-1-2-7-16(13)20-17(14)19/h1-9H,10-11H2,(H2,19,20). The Hall–Kier alpha value is -2.10. The summed E-state index contributed by atoms with van der Waals surface area (Å²) in [4.78, 5) is 4.39. The number of ether oxygens (including phenoxy) is 1. The van der Waals surface area contributed by atoms with Crippen molar-refractivity contribution in [3.8, 4) is 0 Å². The van der Waals surface area contributed by atoms with Crippen LogP contribution in [0.3, 0.4) is 0 Å². The van der Waals surface area contributed by atoms with Crippen molar-refractivity contribution in [3.05, 3.63) is 70.7 Å². The van der Waals surface area contributed by atoms with Crippen LogP contribution < -0.4 is 5.73 Å². The summed E-state index contributed by atoms with van der Waals surface area (Å²) in [6, 6.07) is 17.5. The number of benzene rings is 2. The van der Waals surface area contributed by atoms with Gasteiger partial charge in [0.25, 0.3) is 0 Å². The van der Waals surface area contributed by atoms with Crippen molar-refractivity contribution in [1.29, 1.82) is 0 Å². The lowest BCUT2D eigenvalue weighted by Gasteiger charge is -2.08. The van der Waals surface area contributed by atoms with Gasteiger partial charge in [-0.3, -0.25) is 0 Å². The highest BCUT2D eigenvalue weighted by Crippen LogP contribution is 2.19. The Labute approximate surface area is 128 Å². The van der Waals surface area contributed by atoms with Crippen LogP contribution in [0, 0.1) is 0 Å². The number of para-hydroxylation sites is 1. The summed E-state index contributed by atoms with van der Waals surface area (Å²) in [5.41, 5.74) is 8.81. The Morgan fingerprint density at radius 1 is 1.00 bits per heavy atom. The van der Waals surface area contributed by atoms with Gasteiger partial charge in [-0.25, -0.2) is 4.98 Å². The summed E-state index contributed by atoms with van der Waals surface area (Å²) in [5.74, 6) is 0.514. The Morgan fingerprint density at radius 2 is 1.86 bits per heavy atom. The average molecular weight is 299 g/mol. The quantitative estimate of drug-likeness (QED) is 0.786. The van der Waals surface area contributed by atoms with E-state index in [4.69, 9.17) is 22.1 Å². The third-order valence-corrected chi connectivity index (χ3v) is 3.49. The van der Waals surface area contributed by atoms with Gasteiger partial charge in [-0.15, -0.1) is 0 Å². The van der Waals surface area contributed by atoms with Crippen LogP contribution in [0.1, 0.15) is 11.1 Å². The maximum Gasteiger partial charge on any atom is 0.129 e. The molecule has 106 valence electrons. The van der Waals surface area contributed by atoms with Crippen molar-refractivity contribution in [2.24, 2.45) is 0 Å². The predicted octanol–water partition coefficient (Wildman–Crippen LogP) is 4.19. The molecule has 3 rings (SSSR count). The molecule has 0 aliphatic carbocycles. The minimum absolute atomic E-state index is 0.427. The first-order chi connectivity index (χ1) is 10.2. The lowest BCUT2D eigenvalue weighted by atomic mass is 10.1. The molecule has 4 heteroatoms. The van der Waals surface area contributed by atoms with Crippen molar-refractivity contribution >= 4 is 28.3 Å². The molecule has 0 bridgehead atoms. The van der Waals surface area contributed by atoms with Crippen molar-refractivity contribution < 1.29 is 4.74 Å². The molecule has 0 radical (unpaired) electrons. The van der Waals surface area contributed by atoms with Crippen LogP contribution in [0.4, 0.5) is 5.82 Å². The predicted molar refractivity (Wildman–Crippen MR) is 86.1 cm³/mol. The Bertz CT molecular complexity index is 774. The minimum atomic E-state index is 0.427. The highest BCUT2D eigenvalue weighted by molar-refractivity contribution is 6.30. The summed E-state index contributed by atoms with van der Waals surface area (Å²) in [5, 5.41) is 1.77. The number of anilines is 1. The Morgan fingerprint density at radius 3 is 2.71 bits per heavy atom. The molecule has 1 heterocycles. The van der Waals surface area contributed by atoms with Crippen molar-refractivity contribution in [2.45, 2.75) is 13.2 Å². The fourth-order valence-corrected chi connectivity index (χ4v) is 2.41. The van der Waals surface area contributed by atoms with Crippen LogP contribution in [0.25, 0.3) is 10.9 Å². The van der Waals surface area contributed by atoms with Crippen LogP contribution in [0.2, 0.25) is 5.02 Å². The van der Waals surface area contributed by atoms with Crippen LogP contribution >= 0.6 is 11.6 Å². The highest BCUT2D eigenvalue weighted by Gasteiger charge is 2.04. The average Bonchev–Trinajstić information content (AvgIpc) is 2.48. The second kappa shape index (κ2) is 6.12. The maximum absolute atomic E-state index is 5.98. The molecule has 2 aromatic carbocycles. The molecule has 0 spiro atoms. The number of nitrogens with zero attached hydrogens (tertiary/aromatic N) is 1. The smallest absolute Gasteiger partial charge is 0.129 e. The lowest BCUT2D eigenvalue weighted by Crippen LogP contribution is -2.01. The third-order valence-electron chi connectivity index (χ3n) is 3.25. The monoisotopic (exact) mass is 298 g/mol. The number of aromatic nitrogens is 1. The number of hydrogen-bond acceptors (Lipinski definition) is 3. The largest absolute Gasteiger partial charge is 0.383 e. The summed E-state index contributed by atoms with van der Waals surface area (Å²) in [7, 11) is 0. The van der Waals surface area contributed by atoms with Crippen molar-refractivity contribution in [3.63, 3.8) is 0 Å². The molecule has 1 aromatic heterocycles. The molecule has 0 amide bonds. The summed E-state index contributed by atoms with van der Waals surface area (Å²) >= 11 is 5.95. The van der Waals surface area contributed by atoms with Gasteiger partial charge in [-0.1, -0.05) is 41.9 Å². The van der Waals surface area contributed by atoms with E-state index in [-0.39, 0.29) is 0 Å². The maximum atomic E-state index is 5.98. The van der Waals surface area contributed by atoms with Gasteiger partial charge in [0.15, 0.2) is 0 Å². The molecule has 2 N–H and O–H groups in total. The molecule has 0 atom stereocenters. The number of nitrogens with two attached hydrogens (primary N) is 1. The van der Waals surface area contributed by atoms with Gasteiger partial charge in [0.05, 0.1) is 18.7 Å². The summed E-state index contributed by atoms with van der Waals surface area (Å²) < 4.78 is 5.71. The highest BCUT2D eigenvalue weighted by atomic mass is 35.5. The van der Waals surface area contributed by atoms with E-state index >= 15 is 0 Å². The van der Waals surface area contributed by atoms with Gasteiger partial charge in [-0.05, 0) is 29.8 Å². The second-order valence-electron chi connectivity index (χ2n) is 4.85. The van der Waals surface area contributed by atoms with Gasteiger partial charge < -0.3 is 10.5 Å². The van der Waals surface area contributed by atoms with Gasteiger partial charge >= 0.3 is 0 Å². The first-order valence-electron chi connectivity index (χ1n) is 6.69. The van der Waals surface area contributed by atoms with Gasteiger partial charge in [0, 0.05) is 16.0 Å². The van der Waals surface area contributed by atoms with E-state index in [0.717, 1.165) is 22.0 Å². The first kappa shape index (κ1) is 13.9. The molecule has 3 aromatic rings. The van der Waals surface area contributed by atoms with Crippen molar-refractivity contribution in [2.75, 3.05) is 5.73 Å². The third kappa shape index (κ3) is 3.32. The molecule has 0 saturated heterocycles. The molecule has 0 aliphatic rings. The molecule has 0 fully saturated rings. The number of hydrogen-bond donors (Lipinski definition) is 1. The molecular formula is C17H15ClN2O.